The highest BCUT2D eigenvalue weighted by molar-refractivity contribution is 5.80. The van der Waals surface area contributed by atoms with Crippen molar-refractivity contribution in [1.29, 1.82) is 0 Å². The van der Waals surface area contributed by atoms with Gasteiger partial charge in [0, 0.05) is 45.1 Å². The van der Waals surface area contributed by atoms with E-state index in [2.05, 4.69) is 56.9 Å². The lowest BCUT2D eigenvalue weighted by molar-refractivity contribution is 0.187. The highest BCUT2D eigenvalue weighted by Gasteiger charge is 2.33. The minimum atomic E-state index is 0.466. The average Bonchev–Trinajstić information content (AvgIpc) is 3.25. The van der Waals surface area contributed by atoms with Gasteiger partial charge in [-0.15, -0.1) is 0 Å². The highest BCUT2D eigenvalue weighted by Crippen LogP contribution is 2.34. The molecule has 3 atom stereocenters. The first kappa shape index (κ1) is 17.3. The van der Waals surface area contributed by atoms with Crippen molar-refractivity contribution >= 4 is 5.96 Å². The molecule has 3 unspecified atom stereocenters. The number of aromatic nitrogens is 2. The van der Waals surface area contributed by atoms with E-state index in [-0.39, 0.29) is 0 Å². The van der Waals surface area contributed by atoms with E-state index >= 15 is 0 Å². The van der Waals surface area contributed by atoms with Gasteiger partial charge < -0.3 is 19.7 Å². The quantitative estimate of drug-likeness (QED) is 0.658. The lowest BCUT2D eigenvalue weighted by atomic mass is 9.93. The summed E-state index contributed by atoms with van der Waals surface area (Å²) in [4.78, 5) is 13.5. The van der Waals surface area contributed by atoms with Crippen LogP contribution in [-0.4, -0.2) is 72.1 Å². The maximum atomic E-state index is 4.55. The summed E-state index contributed by atoms with van der Waals surface area (Å²) >= 11 is 0. The zero-order chi connectivity index (χ0) is 17.1. The summed E-state index contributed by atoms with van der Waals surface area (Å²) in [5.74, 6) is 2.56. The van der Waals surface area contributed by atoms with Crippen LogP contribution in [0.5, 0.6) is 0 Å². The van der Waals surface area contributed by atoms with Crippen LogP contribution in [-0.2, 0) is 0 Å². The van der Waals surface area contributed by atoms with Crippen molar-refractivity contribution in [2.24, 2.45) is 16.8 Å². The fourth-order valence-corrected chi connectivity index (χ4v) is 3.88. The Morgan fingerprint density at radius 1 is 1.38 bits per heavy atom. The van der Waals surface area contributed by atoms with Gasteiger partial charge in [0.15, 0.2) is 5.96 Å². The third-order valence-corrected chi connectivity index (χ3v) is 5.64. The van der Waals surface area contributed by atoms with Gasteiger partial charge in [0.2, 0.25) is 0 Å². The van der Waals surface area contributed by atoms with Gasteiger partial charge in [-0.3, -0.25) is 4.99 Å². The summed E-state index contributed by atoms with van der Waals surface area (Å²) in [6.45, 7) is 5.38. The van der Waals surface area contributed by atoms with Crippen molar-refractivity contribution in [3.05, 3.63) is 18.7 Å². The lowest BCUT2D eigenvalue weighted by Gasteiger charge is -2.39. The molecule has 0 amide bonds. The van der Waals surface area contributed by atoms with Crippen molar-refractivity contribution in [3.8, 4) is 0 Å². The Morgan fingerprint density at radius 3 is 2.75 bits per heavy atom. The molecular weight excluding hydrogens is 300 g/mol. The summed E-state index contributed by atoms with van der Waals surface area (Å²) < 4.78 is 2.25. The molecule has 1 aliphatic carbocycles. The molecule has 1 aromatic rings. The zero-order valence-corrected chi connectivity index (χ0v) is 15.5. The molecule has 3 rings (SSSR count). The molecule has 24 heavy (non-hydrogen) atoms. The number of aliphatic imine (C=N–C) groups is 1. The van der Waals surface area contributed by atoms with Gasteiger partial charge in [0.1, 0.15) is 0 Å². The fraction of sp³-hybridized carbons (Fsp3) is 0.778. The predicted octanol–water partition coefficient (Wildman–Crippen LogP) is 1.68. The van der Waals surface area contributed by atoms with E-state index in [1.165, 1.54) is 19.3 Å². The molecule has 6 heteroatoms. The predicted molar refractivity (Wildman–Crippen MR) is 98.2 cm³/mol. The third-order valence-electron chi connectivity index (χ3n) is 5.64. The van der Waals surface area contributed by atoms with Crippen molar-refractivity contribution in [2.45, 2.75) is 38.3 Å². The number of likely N-dealkylation sites (N-methyl/N-ethyl adjacent to an activating group) is 1. The second kappa shape index (κ2) is 7.55. The van der Waals surface area contributed by atoms with Gasteiger partial charge in [0.05, 0.1) is 12.4 Å². The van der Waals surface area contributed by atoms with Crippen molar-refractivity contribution < 1.29 is 0 Å². The van der Waals surface area contributed by atoms with Crippen LogP contribution in [0.2, 0.25) is 0 Å². The van der Waals surface area contributed by atoms with Crippen LogP contribution in [0.1, 0.15) is 32.2 Å². The summed E-state index contributed by atoms with van der Waals surface area (Å²) in [5.41, 5.74) is 0. The van der Waals surface area contributed by atoms with E-state index in [1.54, 1.807) is 0 Å². The maximum absolute atomic E-state index is 4.55. The van der Waals surface area contributed by atoms with Crippen LogP contribution in [0.4, 0.5) is 0 Å². The summed E-state index contributed by atoms with van der Waals surface area (Å²) in [6.07, 6.45) is 9.81. The number of piperidine rings is 1. The third kappa shape index (κ3) is 3.91. The average molecular weight is 332 g/mol. The fourth-order valence-electron chi connectivity index (χ4n) is 3.88. The van der Waals surface area contributed by atoms with Crippen LogP contribution in [0.25, 0.3) is 0 Å². The maximum Gasteiger partial charge on any atom is 0.193 e. The van der Waals surface area contributed by atoms with Gasteiger partial charge in [-0.2, -0.15) is 0 Å². The van der Waals surface area contributed by atoms with E-state index in [0.717, 1.165) is 31.5 Å². The van der Waals surface area contributed by atoms with Crippen molar-refractivity contribution in [2.75, 3.05) is 40.8 Å². The minimum Gasteiger partial charge on any atom is -0.355 e. The second-order valence-electron chi connectivity index (χ2n) is 7.59. The smallest absolute Gasteiger partial charge is 0.193 e. The Labute approximate surface area is 145 Å². The molecule has 1 saturated carbocycles. The molecule has 134 valence electrons. The molecular formula is C18H32N6. The molecule has 0 radical (unpaired) electrons. The van der Waals surface area contributed by atoms with Gasteiger partial charge in [-0.25, -0.2) is 4.98 Å². The van der Waals surface area contributed by atoms with Crippen LogP contribution in [0.3, 0.4) is 0 Å². The molecule has 0 aromatic carbocycles. The molecule has 1 saturated heterocycles. The first-order valence-electron chi connectivity index (χ1n) is 9.19. The van der Waals surface area contributed by atoms with Crippen LogP contribution >= 0.6 is 0 Å². The molecule has 0 spiro atoms. The lowest BCUT2D eigenvalue weighted by Crippen LogP contribution is -2.51. The second-order valence-corrected chi connectivity index (χ2v) is 7.59. The van der Waals surface area contributed by atoms with Gasteiger partial charge >= 0.3 is 0 Å². The molecule has 2 heterocycles. The molecule has 2 aliphatic rings. The van der Waals surface area contributed by atoms with Gasteiger partial charge in [-0.05, 0) is 45.2 Å². The van der Waals surface area contributed by atoms with E-state index in [4.69, 9.17) is 0 Å². The first-order chi connectivity index (χ1) is 11.6. The van der Waals surface area contributed by atoms with Crippen LogP contribution in [0.15, 0.2) is 23.7 Å². The van der Waals surface area contributed by atoms with E-state index in [9.17, 15) is 0 Å². The van der Waals surface area contributed by atoms with Gasteiger partial charge in [-0.1, -0.05) is 6.92 Å². The van der Waals surface area contributed by atoms with Crippen LogP contribution in [0, 0.1) is 11.8 Å². The number of guanidine groups is 1. The highest BCUT2D eigenvalue weighted by atomic mass is 15.3. The molecule has 0 bridgehead atoms. The molecule has 1 N–H and O–H groups in total. The summed E-state index contributed by atoms with van der Waals surface area (Å²) in [5, 5.41) is 3.63. The standard InChI is InChI=1S/C18H32N6/c1-14-7-9-23(12-17(14)24-10-8-20-13-24)18(19-2)21-11-16(22(3)4)15-5-6-15/h8,10,13-17H,5-7,9,11-12H2,1-4H3,(H,19,21). The topological polar surface area (TPSA) is 48.7 Å². The molecule has 1 aliphatic heterocycles. The van der Waals surface area contributed by atoms with Gasteiger partial charge in [0.25, 0.3) is 0 Å². The normalized spacial score (nSPS) is 26.7. The van der Waals surface area contributed by atoms with E-state index in [0.29, 0.717) is 18.0 Å². The van der Waals surface area contributed by atoms with E-state index in [1.807, 2.05) is 19.6 Å². The summed E-state index contributed by atoms with van der Waals surface area (Å²) in [6, 6.07) is 1.07. The Bertz CT molecular complexity index is 532. The largest absolute Gasteiger partial charge is 0.355 e. The van der Waals surface area contributed by atoms with Crippen molar-refractivity contribution in [1.82, 2.24) is 24.7 Å². The number of likely N-dealkylation sites (tertiary alicyclic amines) is 1. The Kier molecular flexibility index (Phi) is 5.43. The number of hydrogen-bond donors (Lipinski definition) is 1. The number of nitrogens with one attached hydrogen (secondary N) is 1. The SMILES string of the molecule is CN=C(NCC(C1CC1)N(C)C)N1CCC(C)C(n2ccnc2)C1. The Hall–Kier alpha value is -1.56. The van der Waals surface area contributed by atoms with E-state index < -0.39 is 0 Å². The van der Waals surface area contributed by atoms with Crippen molar-refractivity contribution in [3.63, 3.8) is 0 Å². The molecule has 1 aromatic heterocycles. The Morgan fingerprint density at radius 2 is 2.17 bits per heavy atom. The number of nitrogens with zero attached hydrogens (tertiary/aromatic N) is 5. The summed E-state index contributed by atoms with van der Waals surface area (Å²) in [7, 11) is 6.27. The number of imidazole rings is 1. The Balaban J connectivity index is 1.61. The zero-order valence-electron chi connectivity index (χ0n) is 15.5. The van der Waals surface area contributed by atoms with Crippen LogP contribution < -0.4 is 5.32 Å². The molecule has 2 fully saturated rings. The number of hydrogen-bond acceptors (Lipinski definition) is 3. The molecule has 6 nitrogen and oxygen atoms in total. The monoisotopic (exact) mass is 332 g/mol. The number of rotatable bonds is 5. The first-order valence-corrected chi connectivity index (χ1v) is 9.19. The minimum absolute atomic E-state index is 0.466.